The van der Waals surface area contributed by atoms with Crippen molar-refractivity contribution in [3.63, 3.8) is 0 Å². The maximum atomic E-state index is 11.5. The van der Waals surface area contributed by atoms with Crippen LogP contribution < -0.4 is 4.72 Å². The molecule has 1 saturated carbocycles. The van der Waals surface area contributed by atoms with Gasteiger partial charge >= 0.3 is 0 Å². The summed E-state index contributed by atoms with van der Waals surface area (Å²) in [5.74, 6) is 0.636. The van der Waals surface area contributed by atoms with Crippen LogP contribution in [0.1, 0.15) is 25.7 Å². The molecule has 0 spiro atoms. The molecule has 2 fully saturated rings. The highest BCUT2D eigenvalue weighted by molar-refractivity contribution is 7.87. The predicted molar refractivity (Wildman–Crippen MR) is 50.4 cm³/mol. The Bertz CT molecular complexity index is 289. The molecule has 2 unspecified atom stereocenters. The van der Waals surface area contributed by atoms with E-state index >= 15 is 0 Å². The van der Waals surface area contributed by atoms with Gasteiger partial charge in [-0.3, -0.25) is 0 Å². The Morgan fingerprint density at radius 3 is 2.62 bits per heavy atom. The minimum atomic E-state index is -3.15. The van der Waals surface area contributed by atoms with Gasteiger partial charge in [-0.25, -0.2) is 4.72 Å². The molecule has 0 radical (unpaired) electrons. The molecule has 0 aromatic carbocycles. The van der Waals surface area contributed by atoms with Gasteiger partial charge in [-0.05, 0) is 18.8 Å². The molecule has 0 bridgehead atoms. The van der Waals surface area contributed by atoms with Crippen LogP contribution >= 0.6 is 0 Å². The van der Waals surface area contributed by atoms with Gasteiger partial charge in [0.05, 0.1) is 0 Å². The second-order valence-electron chi connectivity index (χ2n) is 3.89. The van der Waals surface area contributed by atoms with Gasteiger partial charge in [-0.1, -0.05) is 12.8 Å². The van der Waals surface area contributed by atoms with E-state index < -0.39 is 10.2 Å². The zero-order chi connectivity index (χ0) is 9.47. The third-order valence-corrected chi connectivity index (χ3v) is 4.77. The van der Waals surface area contributed by atoms with Gasteiger partial charge < -0.3 is 0 Å². The zero-order valence-corrected chi connectivity index (χ0v) is 8.68. The predicted octanol–water partition coefficient (Wildman–Crippen LogP) is 0.325. The molecule has 2 rings (SSSR count). The van der Waals surface area contributed by atoms with E-state index in [2.05, 4.69) is 4.72 Å². The van der Waals surface area contributed by atoms with E-state index in [0.717, 1.165) is 13.0 Å². The van der Waals surface area contributed by atoms with E-state index in [1.165, 1.54) is 26.3 Å². The van der Waals surface area contributed by atoms with Crippen molar-refractivity contribution in [2.75, 3.05) is 13.6 Å². The first-order valence-electron chi connectivity index (χ1n) is 4.85. The highest BCUT2D eigenvalue weighted by Gasteiger charge is 2.45. The molecule has 1 aliphatic carbocycles. The largest absolute Gasteiger partial charge is 0.279 e. The van der Waals surface area contributed by atoms with Gasteiger partial charge in [0.25, 0.3) is 10.2 Å². The Balaban J connectivity index is 2.05. The number of hydrogen-bond donors (Lipinski definition) is 1. The number of nitrogens with one attached hydrogen (secondary N) is 1. The van der Waals surface area contributed by atoms with Crippen molar-refractivity contribution in [2.45, 2.75) is 31.7 Å². The van der Waals surface area contributed by atoms with Crippen LogP contribution in [0.25, 0.3) is 0 Å². The smallest absolute Gasteiger partial charge is 0.205 e. The maximum absolute atomic E-state index is 11.5. The molecule has 2 atom stereocenters. The van der Waals surface area contributed by atoms with Crippen molar-refractivity contribution < 1.29 is 8.42 Å². The summed E-state index contributed by atoms with van der Waals surface area (Å²) in [7, 11) is -1.67. The zero-order valence-electron chi connectivity index (χ0n) is 7.86. The molecule has 0 aromatic rings. The average molecular weight is 204 g/mol. The van der Waals surface area contributed by atoms with Crippen LogP contribution in [0, 0.1) is 5.92 Å². The molecule has 0 amide bonds. The fraction of sp³-hybridized carbons (Fsp3) is 1.00. The van der Waals surface area contributed by atoms with E-state index in [-0.39, 0.29) is 0 Å². The van der Waals surface area contributed by atoms with Crippen molar-refractivity contribution in [1.82, 2.24) is 9.03 Å². The monoisotopic (exact) mass is 204 g/mol. The van der Waals surface area contributed by atoms with Crippen molar-refractivity contribution in [1.29, 1.82) is 0 Å². The molecule has 1 aliphatic heterocycles. The van der Waals surface area contributed by atoms with E-state index in [1.54, 1.807) is 4.31 Å². The van der Waals surface area contributed by atoms with Crippen LogP contribution in [0.5, 0.6) is 0 Å². The molecule has 5 heteroatoms. The van der Waals surface area contributed by atoms with Crippen LogP contribution in [0.4, 0.5) is 0 Å². The first-order chi connectivity index (χ1) is 6.15. The Hall–Kier alpha value is -0.130. The Morgan fingerprint density at radius 2 is 2.00 bits per heavy atom. The minimum Gasteiger partial charge on any atom is -0.205 e. The SMILES string of the molecule is CNS(=O)(=O)N1CC2CCCCC21. The average Bonchev–Trinajstić information content (AvgIpc) is 2.07. The topological polar surface area (TPSA) is 49.4 Å². The van der Waals surface area contributed by atoms with Gasteiger partial charge in [0.2, 0.25) is 0 Å². The lowest BCUT2D eigenvalue weighted by Crippen LogP contribution is -2.61. The van der Waals surface area contributed by atoms with Gasteiger partial charge in [0.15, 0.2) is 0 Å². The standard InChI is InChI=1S/C8H16N2O2S/c1-9-13(11,12)10-6-7-4-2-3-5-8(7)10/h7-9H,2-6H2,1H3. The lowest BCUT2D eigenvalue weighted by atomic mass is 9.79. The van der Waals surface area contributed by atoms with Gasteiger partial charge in [-0.15, -0.1) is 0 Å². The summed E-state index contributed by atoms with van der Waals surface area (Å²) in [6.07, 6.45) is 4.71. The number of rotatable bonds is 2. The summed E-state index contributed by atoms with van der Waals surface area (Å²) in [6.45, 7) is 0.730. The molecule has 13 heavy (non-hydrogen) atoms. The van der Waals surface area contributed by atoms with Gasteiger partial charge in [0, 0.05) is 19.6 Å². The highest BCUT2D eigenvalue weighted by atomic mass is 32.2. The lowest BCUT2D eigenvalue weighted by Gasteiger charge is -2.49. The van der Waals surface area contributed by atoms with Crippen LogP contribution in [0.3, 0.4) is 0 Å². The summed E-state index contributed by atoms with van der Waals surface area (Å²) in [5.41, 5.74) is 0. The molecular formula is C8H16N2O2S. The van der Waals surface area contributed by atoms with Crippen molar-refractivity contribution in [3.8, 4) is 0 Å². The summed E-state index contributed by atoms with van der Waals surface area (Å²) in [5, 5.41) is 0. The second kappa shape index (κ2) is 3.22. The highest BCUT2D eigenvalue weighted by Crippen LogP contribution is 2.38. The molecule has 1 saturated heterocycles. The normalized spacial score (nSPS) is 35.2. The second-order valence-corrected chi connectivity index (χ2v) is 5.72. The third-order valence-electron chi connectivity index (χ3n) is 3.22. The Kier molecular flexibility index (Phi) is 2.33. The summed E-state index contributed by atoms with van der Waals surface area (Å²) >= 11 is 0. The summed E-state index contributed by atoms with van der Waals surface area (Å²) in [6, 6.07) is 0.297. The molecule has 1 N–H and O–H groups in total. The molecular weight excluding hydrogens is 188 g/mol. The van der Waals surface area contributed by atoms with E-state index in [4.69, 9.17) is 0 Å². The maximum Gasteiger partial charge on any atom is 0.279 e. The fourth-order valence-corrected chi connectivity index (χ4v) is 3.66. The number of hydrogen-bond acceptors (Lipinski definition) is 2. The number of nitrogens with zero attached hydrogens (tertiary/aromatic N) is 1. The molecule has 4 nitrogen and oxygen atoms in total. The molecule has 2 aliphatic rings. The van der Waals surface area contributed by atoms with Crippen molar-refractivity contribution in [2.24, 2.45) is 5.92 Å². The lowest BCUT2D eigenvalue weighted by molar-refractivity contribution is 0.0591. The van der Waals surface area contributed by atoms with E-state index in [0.29, 0.717) is 12.0 Å². The van der Waals surface area contributed by atoms with Crippen LogP contribution in [0.15, 0.2) is 0 Å². The summed E-state index contributed by atoms with van der Waals surface area (Å²) in [4.78, 5) is 0. The van der Waals surface area contributed by atoms with Crippen LogP contribution in [-0.4, -0.2) is 32.4 Å². The van der Waals surface area contributed by atoms with Crippen molar-refractivity contribution >= 4 is 10.2 Å². The molecule has 1 heterocycles. The van der Waals surface area contributed by atoms with Crippen LogP contribution in [-0.2, 0) is 10.2 Å². The molecule has 76 valence electrons. The summed E-state index contributed by atoms with van der Waals surface area (Å²) < 4.78 is 26.9. The van der Waals surface area contributed by atoms with E-state index in [9.17, 15) is 8.42 Å². The first kappa shape index (κ1) is 9.43. The first-order valence-corrected chi connectivity index (χ1v) is 6.29. The third kappa shape index (κ3) is 1.49. The van der Waals surface area contributed by atoms with Crippen molar-refractivity contribution in [3.05, 3.63) is 0 Å². The fourth-order valence-electron chi connectivity index (χ4n) is 2.40. The van der Waals surface area contributed by atoms with Crippen LogP contribution in [0.2, 0.25) is 0 Å². The molecule has 0 aromatic heterocycles. The quantitative estimate of drug-likeness (QED) is 0.704. The van der Waals surface area contributed by atoms with Gasteiger partial charge in [0.1, 0.15) is 0 Å². The Labute approximate surface area is 79.5 Å². The van der Waals surface area contributed by atoms with Gasteiger partial charge in [-0.2, -0.15) is 12.7 Å². The Morgan fingerprint density at radius 1 is 1.31 bits per heavy atom. The number of fused-ring (bicyclic) bond motifs is 1. The van der Waals surface area contributed by atoms with E-state index in [1.807, 2.05) is 0 Å². The minimum absolute atomic E-state index is 0.297.